The Morgan fingerprint density at radius 3 is 2.56 bits per heavy atom. The standard InChI is InChI=1S/C10H13F3N2O/c1-6(16)5-15-7-2-3-9(14)8(4-7)10(11,12)13/h2-4,6,15-16H,5,14H2,1H3. The fraction of sp³-hybridized carbons (Fsp3) is 0.400. The van der Waals surface area contributed by atoms with Crippen molar-refractivity contribution >= 4 is 11.4 Å². The van der Waals surface area contributed by atoms with E-state index in [9.17, 15) is 13.2 Å². The first-order valence-corrected chi connectivity index (χ1v) is 4.69. The summed E-state index contributed by atoms with van der Waals surface area (Å²) in [5.74, 6) is 0. The zero-order valence-corrected chi connectivity index (χ0v) is 8.67. The first-order valence-electron chi connectivity index (χ1n) is 4.69. The number of nitrogens with two attached hydrogens (primary N) is 1. The number of anilines is 2. The molecule has 0 radical (unpaired) electrons. The van der Waals surface area contributed by atoms with Gasteiger partial charge in [-0.1, -0.05) is 0 Å². The van der Waals surface area contributed by atoms with E-state index in [0.717, 1.165) is 6.07 Å². The number of benzene rings is 1. The van der Waals surface area contributed by atoms with Crippen LogP contribution < -0.4 is 11.1 Å². The van der Waals surface area contributed by atoms with E-state index in [0.29, 0.717) is 0 Å². The van der Waals surface area contributed by atoms with Crippen LogP contribution in [0.4, 0.5) is 24.5 Å². The Hall–Kier alpha value is -1.43. The van der Waals surface area contributed by atoms with E-state index in [-0.39, 0.29) is 17.9 Å². The van der Waals surface area contributed by atoms with Gasteiger partial charge in [0, 0.05) is 17.9 Å². The summed E-state index contributed by atoms with van der Waals surface area (Å²) in [6.07, 6.45) is -5.10. The van der Waals surface area contributed by atoms with Crippen LogP contribution in [0.2, 0.25) is 0 Å². The summed E-state index contributed by atoms with van der Waals surface area (Å²) in [4.78, 5) is 0. The van der Waals surface area contributed by atoms with E-state index in [2.05, 4.69) is 5.32 Å². The fourth-order valence-electron chi connectivity index (χ4n) is 1.18. The maximum atomic E-state index is 12.5. The monoisotopic (exact) mass is 234 g/mol. The highest BCUT2D eigenvalue weighted by atomic mass is 19.4. The van der Waals surface area contributed by atoms with Gasteiger partial charge in [0.25, 0.3) is 0 Å². The topological polar surface area (TPSA) is 58.3 Å². The second-order valence-corrected chi connectivity index (χ2v) is 3.53. The van der Waals surface area contributed by atoms with Crippen molar-refractivity contribution in [3.63, 3.8) is 0 Å². The van der Waals surface area contributed by atoms with Gasteiger partial charge in [-0.05, 0) is 25.1 Å². The van der Waals surface area contributed by atoms with Crippen molar-refractivity contribution in [1.29, 1.82) is 0 Å². The minimum atomic E-state index is -4.47. The van der Waals surface area contributed by atoms with Gasteiger partial charge in [-0.3, -0.25) is 0 Å². The highest BCUT2D eigenvalue weighted by Crippen LogP contribution is 2.35. The number of nitrogens with one attached hydrogen (secondary N) is 1. The molecule has 0 saturated carbocycles. The van der Waals surface area contributed by atoms with Crippen LogP contribution in [-0.2, 0) is 6.18 Å². The molecule has 0 spiro atoms. The molecule has 3 nitrogen and oxygen atoms in total. The number of hydrogen-bond donors (Lipinski definition) is 3. The van der Waals surface area contributed by atoms with E-state index in [1.165, 1.54) is 19.1 Å². The lowest BCUT2D eigenvalue weighted by atomic mass is 10.1. The number of halogens is 3. The third-order valence-electron chi connectivity index (χ3n) is 1.96. The van der Waals surface area contributed by atoms with Gasteiger partial charge in [-0.25, -0.2) is 0 Å². The maximum absolute atomic E-state index is 12.5. The summed E-state index contributed by atoms with van der Waals surface area (Å²) in [5.41, 5.74) is 4.33. The molecular formula is C10H13F3N2O. The molecule has 16 heavy (non-hydrogen) atoms. The van der Waals surface area contributed by atoms with Crippen molar-refractivity contribution in [2.24, 2.45) is 0 Å². The summed E-state index contributed by atoms with van der Waals surface area (Å²) in [6.45, 7) is 1.72. The van der Waals surface area contributed by atoms with Crippen molar-refractivity contribution in [1.82, 2.24) is 0 Å². The van der Waals surface area contributed by atoms with Crippen molar-refractivity contribution in [2.45, 2.75) is 19.2 Å². The quantitative estimate of drug-likeness (QED) is 0.702. The van der Waals surface area contributed by atoms with Gasteiger partial charge in [0.2, 0.25) is 0 Å². The van der Waals surface area contributed by atoms with Crippen LogP contribution in [0.25, 0.3) is 0 Å². The summed E-state index contributed by atoms with van der Waals surface area (Å²) in [6, 6.07) is 3.55. The average Bonchev–Trinajstić information content (AvgIpc) is 2.14. The van der Waals surface area contributed by atoms with Crippen molar-refractivity contribution in [3.8, 4) is 0 Å². The van der Waals surface area contributed by atoms with Crippen LogP contribution in [0.1, 0.15) is 12.5 Å². The molecule has 6 heteroatoms. The largest absolute Gasteiger partial charge is 0.418 e. The third kappa shape index (κ3) is 3.30. The Morgan fingerprint density at radius 2 is 2.06 bits per heavy atom. The molecule has 0 aliphatic carbocycles. The molecule has 1 aromatic rings. The summed E-state index contributed by atoms with van der Waals surface area (Å²) < 4.78 is 37.4. The van der Waals surface area contributed by atoms with Crippen LogP contribution in [0.15, 0.2) is 18.2 Å². The zero-order valence-electron chi connectivity index (χ0n) is 8.67. The van der Waals surface area contributed by atoms with Crippen molar-refractivity contribution in [3.05, 3.63) is 23.8 Å². The number of alkyl halides is 3. The Bertz CT molecular complexity index is 364. The molecule has 0 aliphatic heterocycles. The van der Waals surface area contributed by atoms with E-state index >= 15 is 0 Å². The molecular weight excluding hydrogens is 221 g/mol. The number of hydrogen-bond acceptors (Lipinski definition) is 3. The molecule has 0 amide bonds. The lowest BCUT2D eigenvalue weighted by molar-refractivity contribution is -0.136. The molecule has 90 valence electrons. The SMILES string of the molecule is CC(O)CNc1ccc(N)c(C(F)(F)F)c1. The van der Waals surface area contributed by atoms with Crippen LogP contribution in [0.3, 0.4) is 0 Å². The van der Waals surface area contributed by atoms with Crippen LogP contribution in [0, 0.1) is 0 Å². The zero-order chi connectivity index (χ0) is 12.3. The molecule has 0 aromatic heterocycles. The second-order valence-electron chi connectivity index (χ2n) is 3.53. The minimum absolute atomic E-state index is 0.182. The number of rotatable bonds is 3. The van der Waals surface area contributed by atoms with Gasteiger partial charge in [0.05, 0.1) is 11.7 Å². The molecule has 1 rings (SSSR count). The normalized spacial score (nSPS) is 13.6. The Labute approximate surface area is 91.1 Å². The highest BCUT2D eigenvalue weighted by molar-refractivity contribution is 5.58. The van der Waals surface area contributed by atoms with Gasteiger partial charge in [-0.2, -0.15) is 13.2 Å². The first-order chi connectivity index (χ1) is 7.30. The summed E-state index contributed by atoms with van der Waals surface area (Å²) in [7, 11) is 0. The molecule has 4 N–H and O–H groups in total. The lowest BCUT2D eigenvalue weighted by Crippen LogP contribution is -2.16. The van der Waals surface area contributed by atoms with E-state index in [4.69, 9.17) is 10.8 Å². The molecule has 0 bridgehead atoms. The van der Waals surface area contributed by atoms with Crippen molar-refractivity contribution < 1.29 is 18.3 Å². The van der Waals surface area contributed by atoms with Gasteiger partial charge in [0.1, 0.15) is 0 Å². The Morgan fingerprint density at radius 1 is 1.44 bits per heavy atom. The summed E-state index contributed by atoms with van der Waals surface area (Å²) >= 11 is 0. The van der Waals surface area contributed by atoms with E-state index in [1.807, 2.05) is 0 Å². The summed E-state index contributed by atoms with van der Waals surface area (Å²) in [5, 5.41) is 11.7. The van der Waals surface area contributed by atoms with Gasteiger partial charge in [0.15, 0.2) is 0 Å². The smallest absolute Gasteiger partial charge is 0.398 e. The number of aliphatic hydroxyl groups is 1. The molecule has 0 saturated heterocycles. The Balaban J connectivity index is 2.90. The van der Waals surface area contributed by atoms with Crippen molar-refractivity contribution in [2.75, 3.05) is 17.6 Å². The first kappa shape index (κ1) is 12.6. The molecule has 1 aromatic carbocycles. The highest BCUT2D eigenvalue weighted by Gasteiger charge is 2.33. The predicted molar refractivity (Wildman–Crippen MR) is 56.0 cm³/mol. The van der Waals surface area contributed by atoms with E-state index < -0.39 is 17.8 Å². The molecule has 0 heterocycles. The average molecular weight is 234 g/mol. The second kappa shape index (κ2) is 4.61. The number of nitrogen functional groups attached to an aromatic ring is 1. The lowest BCUT2D eigenvalue weighted by Gasteiger charge is -2.13. The molecule has 0 fully saturated rings. The number of aliphatic hydroxyl groups excluding tert-OH is 1. The third-order valence-corrected chi connectivity index (χ3v) is 1.96. The van der Waals surface area contributed by atoms with Crippen LogP contribution >= 0.6 is 0 Å². The molecule has 1 unspecified atom stereocenters. The van der Waals surface area contributed by atoms with Gasteiger partial charge in [-0.15, -0.1) is 0 Å². The van der Waals surface area contributed by atoms with Crippen LogP contribution in [-0.4, -0.2) is 17.8 Å². The van der Waals surface area contributed by atoms with Gasteiger partial charge >= 0.3 is 6.18 Å². The predicted octanol–water partition coefficient (Wildman–Crippen LogP) is 2.08. The fourth-order valence-corrected chi connectivity index (χ4v) is 1.18. The van der Waals surface area contributed by atoms with E-state index in [1.54, 1.807) is 0 Å². The van der Waals surface area contributed by atoms with Crippen LogP contribution in [0.5, 0.6) is 0 Å². The van der Waals surface area contributed by atoms with Gasteiger partial charge < -0.3 is 16.2 Å². The molecule has 0 aliphatic rings. The Kier molecular flexibility index (Phi) is 3.64. The minimum Gasteiger partial charge on any atom is -0.398 e. The maximum Gasteiger partial charge on any atom is 0.418 e. The molecule has 1 atom stereocenters.